The molecule has 2 heteroatoms. The molecule has 0 aromatic carbocycles. The Kier molecular flexibility index (Phi) is 5.62. The van der Waals surface area contributed by atoms with Crippen molar-refractivity contribution in [2.75, 3.05) is 0 Å². The predicted octanol–water partition coefficient (Wildman–Crippen LogP) is -1.19. The molecule has 0 aliphatic carbocycles. The summed E-state index contributed by atoms with van der Waals surface area (Å²) in [5.41, 5.74) is 1.12. The van der Waals surface area contributed by atoms with Crippen molar-refractivity contribution in [2.45, 2.75) is 6.54 Å². The first kappa shape index (κ1) is 11.4. The zero-order valence-electron chi connectivity index (χ0n) is 6.91. The van der Waals surface area contributed by atoms with Crippen molar-refractivity contribution >= 4 is 6.08 Å². The molecule has 0 N–H and O–H groups in total. The molecule has 0 saturated carbocycles. The molecule has 0 fully saturated rings. The second kappa shape index (κ2) is 5.94. The van der Waals surface area contributed by atoms with Gasteiger partial charge in [-0.25, -0.2) is 0 Å². The molecule has 0 radical (unpaired) electrons. The van der Waals surface area contributed by atoms with Gasteiger partial charge in [-0.1, -0.05) is 13.2 Å². The van der Waals surface area contributed by atoms with Crippen molar-refractivity contribution in [1.29, 1.82) is 0 Å². The Hall–Kier alpha value is -0.640. The lowest BCUT2D eigenvalue weighted by Crippen LogP contribution is -3.00. The second-order valence-corrected chi connectivity index (χ2v) is 2.27. The van der Waals surface area contributed by atoms with E-state index < -0.39 is 0 Å². The number of hydrogen-bond donors (Lipinski definition) is 0. The van der Waals surface area contributed by atoms with Gasteiger partial charge in [0.25, 0.3) is 0 Å². The molecule has 0 atom stereocenters. The number of nitrogens with zero attached hydrogens (tertiary/aromatic N) is 1. The smallest absolute Gasteiger partial charge is 0.204 e. The van der Waals surface area contributed by atoms with Crippen LogP contribution < -0.4 is 28.5 Å². The Bertz CT molecular complexity index is 268. The Balaban J connectivity index is 0.00000121. The van der Waals surface area contributed by atoms with E-state index in [-0.39, 0.29) is 24.0 Å². The first-order chi connectivity index (χ1) is 5.38. The molecule has 0 bridgehead atoms. The highest BCUT2D eigenvalue weighted by Gasteiger charge is 2.00. The lowest BCUT2D eigenvalue weighted by Gasteiger charge is -1.94. The summed E-state index contributed by atoms with van der Waals surface area (Å²) in [6.07, 6.45) is 5.72. The molecule has 1 aromatic heterocycles. The van der Waals surface area contributed by atoms with Crippen LogP contribution in [0.1, 0.15) is 5.69 Å². The summed E-state index contributed by atoms with van der Waals surface area (Å²) < 4.78 is 2.08. The summed E-state index contributed by atoms with van der Waals surface area (Å²) in [6, 6.07) is 6.02. The van der Waals surface area contributed by atoms with Gasteiger partial charge in [0.15, 0.2) is 12.7 Å². The van der Waals surface area contributed by atoms with E-state index >= 15 is 0 Å². The summed E-state index contributed by atoms with van der Waals surface area (Å²) in [6.45, 7) is 8.23. The van der Waals surface area contributed by atoms with Crippen LogP contribution in [0.4, 0.5) is 0 Å². The van der Waals surface area contributed by atoms with Crippen LogP contribution in [0.25, 0.3) is 6.08 Å². The zero-order valence-corrected chi connectivity index (χ0v) is 9.07. The van der Waals surface area contributed by atoms with E-state index in [4.69, 9.17) is 0 Å². The average molecular weight is 273 g/mol. The van der Waals surface area contributed by atoms with Gasteiger partial charge in [0.05, 0.1) is 0 Å². The fourth-order valence-corrected chi connectivity index (χ4v) is 0.980. The third-order valence-electron chi connectivity index (χ3n) is 1.51. The van der Waals surface area contributed by atoms with E-state index in [1.165, 1.54) is 0 Å². The minimum atomic E-state index is 0. The summed E-state index contributed by atoms with van der Waals surface area (Å²) in [4.78, 5) is 0. The monoisotopic (exact) mass is 273 g/mol. The average Bonchev–Trinajstić information content (AvgIpc) is 2.06. The van der Waals surface area contributed by atoms with E-state index in [0.717, 1.165) is 12.2 Å². The summed E-state index contributed by atoms with van der Waals surface area (Å²) >= 11 is 0. The number of pyridine rings is 1. The third kappa shape index (κ3) is 2.77. The van der Waals surface area contributed by atoms with E-state index in [1.54, 1.807) is 0 Å². The topological polar surface area (TPSA) is 3.88 Å². The molecule has 1 nitrogen and oxygen atoms in total. The van der Waals surface area contributed by atoms with Crippen molar-refractivity contribution in [3.8, 4) is 0 Å². The number of hydrogen-bond acceptors (Lipinski definition) is 0. The van der Waals surface area contributed by atoms with E-state index in [2.05, 4.69) is 17.7 Å². The fourth-order valence-electron chi connectivity index (χ4n) is 0.980. The lowest BCUT2D eigenvalue weighted by molar-refractivity contribution is -0.688. The maximum absolute atomic E-state index is 3.72. The standard InChI is InChI=1S/C10H12N.HI/c1-3-8-11-9-6-5-7-10(11)4-2;/h3-7,9H,1-2,8H2;1H/q+1;/p-1. The lowest BCUT2D eigenvalue weighted by atomic mass is 10.3. The van der Waals surface area contributed by atoms with Gasteiger partial charge in [0, 0.05) is 18.2 Å². The minimum Gasteiger partial charge on any atom is -1.00 e. The summed E-state index contributed by atoms with van der Waals surface area (Å²) in [5, 5.41) is 0. The molecular formula is C10H12IN. The fraction of sp³-hybridized carbons (Fsp3) is 0.100. The van der Waals surface area contributed by atoms with Crippen LogP contribution >= 0.6 is 0 Å². The SMILES string of the molecule is C=CC[n+]1ccccc1C=C.[I-]. The van der Waals surface area contributed by atoms with Gasteiger partial charge in [-0.05, 0) is 12.1 Å². The van der Waals surface area contributed by atoms with Gasteiger partial charge < -0.3 is 24.0 Å². The van der Waals surface area contributed by atoms with Crippen LogP contribution in [-0.4, -0.2) is 0 Å². The molecule has 0 aliphatic heterocycles. The minimum absolute atomic E-state index is 0. The molecule has 1 aromatic rings. The van der Waals surface area contributed by atoms with Crippen LogP contribution in [-0.2, 0) is 6.54 Å². The number of aromatic nitrogens is 1. The van der Waals surface area contributed by atoms with E-state index in [1.807, 2.05) is 36.5 Å². The summed E-state index contributed by atoms with van der Waals surface area (Å²) in [5.74, 6) is 0. The molecule has 0 saturated heterocycles. The van der Waals surface area contributed by atoms with Crippen molar-refractivity contribution < 1.29 is 28.5 Å². The van der Waals surface area contributed by atoms with Gasteiger partial charge in [-0.3, -0.25) is 0 Å². The Morgan fingerprint density at radius 1 is 1.33 bits per heavy atom. The molecular weight excluding hydrogens is 261 g/mol. The quantitative estimate of drug-likeness (QED) is 0.370. The summed E-state index contributed by atoms with van der Waals surface area (Å²) in [7, 11) is 0. The predicted molar refractivity (Wildman–Crippen MR) is 46.9 cm³/mol. The third-order valence-corrected chi connectivity index (χ3v) is 1.51. The number of halogens is 1. The van der Waals surface area contributed by atoms with Crippen molar-refractivity contribution in [3.63, 3.8) is 0 Å². The molecule has 0 spiro atoms. The normalized spacial score (nSPS) is 8.33. The van der Waals surface area contributed by atoms with Gasteiger partial charge in [-0.2, -0.15) is 4.57 Å². The molecule has 1 rings (SSSR count). The van der Waals surface area contributed by atoms with Gasteiger partial charge in [0.2, 0.25) is 5.69 Å². The molecule has 0 amide bonds. The molecule has 0 aliphatic rings. The van der Waals surface area contributed by atoms with Crippen molar-refractivity contribution in [3.05, 3.63) is 49.3 Å². The largest absolute Gasteiger partial charge is 1.00 e. The highest BCUT2D eigenvalue weighted by molar-refractivity contribution is 5.36. The number of rotatable bonds is 3. The van der Waals surface area contributed by atoms with Gasteiger partial charge in [0.1, 0.15) is 0 Å². The number of allylic oxidation sites excluding steroid dienone is 1. The maximum Gasteiger partial charge on any atom is 0.204 e. The van der Waals surface area contributed by atoms with E-state index in [0.29, 0.717) is 0 Å². The Morgan fingerprint density at radius 3 is 2.67 bits per heavy atom. The highest BCUT2D eigenvalue weighted by Crippen LogP contribution is 1.91. The zero-order chi connectivity index (χ0) is 8.10. The van der Waals surface area contributed by atoms with Crippen LogP contribution in [0.3, 0.4) is 0 Å². The van der Waals surface area contributed by atoms with Gasteiger partial charge >= 0.3 is 0 Å². The Morgan fingerprint density at radius 2 is 2.08 bits per heavy atom. The second-order valence-electron chi connectivity index (χ2n) is 2.27. The molecule has 0 unspecified atom stereocenters. The first-order valence-electron chi connectivity index (χ1n) is 3.60. The molecule has 1 heterocycles. The van der Waals surface area contributed by atoms with Crippen LogP contribution in [0.5, 0.6) is 0 Å². The van der Waals surface area contributed by atoms with Crippen LogP contribution in [0, 0.1) is 0 Å². The van der Waals surface area contributed by atoms with Gasteiger partial charge in [-0.15, -0.1) is 0 Å². The molecule has 64 valence electrons. The first-order valence-corrected chi connectivity index (χ1v) is 3.60. The van der Waals surface area contributed by atoms with Crippen LogP contribution in [0.2, 0.25) is 0 Å². The highest BCUT2D eigenvalue weighted by atomic mass is 127. The van der Waals surface area contributed by atoms with Crippen molar-refractivity contribution in [1.82, 2.24) is 0 Å². The van der Waals surface area contributed by atoms with Crippen molar-refractivity contribution in [2.24, 2.45) is 0 Å². The molecule has 12 heavy (non-hydrogen) atoms. The Labute approximate surface area is 90.5 Å². The van der Waals surface area contributed by atoms with E-state index in [9.17, 15) is 0 Å². The maximum atomic E-state index is 3.72. The van der Waals surface area contributed by atoms with Crippen LogP contribution in [0.15, 0.2) is 43.6 Å².